The van der Waals surface area contributed by atoms with Gasteiger partial charge in [-0.1, -0.05) is 0 Å². The van der Waals surface area contributed by atoms with E-state index in [1.54, 1.807) is 20.8 Å². The smallest absolute Gasteiger partial charge is 0.410 e. The van der Waals surface area contributed by atoms with Crippen LogP contribution in [-0.4, -0.2) is 53.3 Å². The molecule has 1 aliphatic heterocycles. The average molecular weight is 371 g/mol. The van der Waals surface area contributed by atoms with Crippen molar-refractivity contribution in [2.24, 2.45) is 0 Å². The first kappa shape index (κ1) is 19.1. The lowest BCUT2D eigenvalue weighted by Crippen LogP contribution is -2.42. The van der Waals surface area contributed by atoms with E-state index in [0.717, 1.165) is 6.07 Å². The number of carbonyl (C=O) groups is 1. The van der Waals surface area contributed by atoms with Crippen LogP contribution in [0.2, 0.25) is 0 Å². The molecule has 138 valence electrons. The molecule has 0 saturated carbocycles. The minimum Gasteiger partial charge on any atom is -0.444 e. The van der Waals surface area contributed by atoms with Crippen molar-refractivity contribution in [2.75, 3.05) is 12.3 Å². The summed E-state index contributed by atoms with van der Waals surface area (Å²) in [4.78, 5) is 27.6. The predicted octanol–water partition coefficient (Wildman–Crippen LogP) is 2.16. The molecular formula is C15H21N3O6S. The maximum absolute atomic E-state index is 12.6. The molecule has 1 aromatic rings. The van der Waals surface area contributed by atoms with Gasteiger partial charge in [0.2, 0.25) is 14.9 Å². The van der Waals surface area contributed by atoms with Crippen LogP contribution in [0.15, 0.2) is 23.4 Å². The van der Waals surface area contributed by atoms with Crippen LogP contribution in [0.4, 0.5) is 10.5 Å². The number of ether oxygens (including phenoxy) is 1. The minimum absolute atomic E-state index is 0.388. The Morgan fingerprint density at radius 1 is 1.48 bits per heavy atom. The van der Waals surface area contributed by atoms with Crippen LogP contribution in [0.3, 0.4) is 0 Å². The van der Waals surface area contributed by atoms with Crippen molar-refractivity contribution in [3.05, 3.63) is 28.4 Å². The molecular weight excluding hydrogens is 350 g/mol. The Hall–Kier alpha value is -2.23. The zero-order chi connectivity index (χ0) is 18.8. The largest absolute Gasteiger partial charge is 0.444 e. The number of carbonyl (C=O) groups excluding carboxylic acids is 1. The van der Waals surface area contributed by atoms with Gasteiger partial charge in [0.1, 0.15) is 5.60 Å². The molecule has 1 aliphatic rings. The van der Waals surface area contributed by atoms with Gasteiger partial charge in [-0.05, 0) is 39.7 Å². The third-order valence-electron chi connectivity index (χ3n) is 3.66. The van der Waals surface area contributed by atoms with E-state index in [-0.39, 0.29) is 0 Å². The van der Waals surface area contributed by atoms with E-state index in [9.17, 15) is 23.3 Å². The summed E-state index contributed by atoms with van der Waals surface area (Å²) < 4.78 is 30.5. The molecule has 10 heteroatoms. The normalized spacial score (nSPS) is 18.2. The molecule has 1 amide bonds. The van der Waals surface area contributed by atoms with Crippen molar-refractivity contribution in [3.8, 4) is 0 Å². The Morgan fingerprint density at radius 2 is 2.16 bits per heavy atom. The molecule has 0 spiro atoms. The molecule has 0 aromatic carbocycles. The molecule has 1 fully saturated rings. The van der Waals surface area contributed by atoms with Gasteiger partial charge in [-0.15, -0.1) is 0 Å². The summed E-state index contributed by atoms with van der Waals surface area (Å²) in [5, 5.41) is 10.5. The summed E-state index contributed by atoms with van der Waals surface area (Å²) in [5.41, 5.74) is -1.26. The van der Waals surface area contributed by atoms with E-state index in [2.05, 4.69) is 4.98 Å². The fraction of sp³-hybridized carbons (Fsp3) is 0.600. The zero-order valence-electron chi connectivity index (χ0n) is 14.3. The van der Waals surface area contributed by atoms with Gasteiger partial charge in [0.05, 0.1) is 10.7 Å². The molecule has 0 N–H and O–H groups in total. The summed E-state index contributed by atoms with van der Waals surface area (Å²) in [6.45, 7) is 5.57. The van der Waals surface area contributed by atoms with Crippen LogP contribution >= 0.6 is 0 Å². The van der Waals surface area contributed by atoms with Crippen LogP contribution in [0.1, 0.15) is 33.6 Å². The number of sulfone groups is 1. The Balaban J connectivity index is 2.23. The number of hydrogen-bond acceptors (Lipinski definition) is 7. The highest BCUT2D eigenvalue weighted by Crippen LogP contribution is 2.27. The van der Waals surface area contributed by atoms with Crippen LogP contribution in [0, 0.1) is 10.1 Å². The Kier molecular flexibility index (Phi) is 5.31. The van der Waals surface area contributed by atoms with Gasteiger partial charge in [0, 0.05) is 24.8 Å². The SMILES string of the molecule is CC(C)(C)OC(=O)N1CCC[C@H]1CS(=O)(=O)c1ncccc1[N+](=O)[O-]. The van der Waals surface area contributed by atoms with E-state index in [0.29, 0.717) is 19.4 Å². The number of hydrogen-bond donors (Lipinski definition) is 0. The predicted molar refractivity (Wildman–Crippen MR) is 88.9 cm³/mol. The fourth-order valence-electron chi connectivity index (χ4n) is 2.66. The molecule has 9 nitrogen and oxygen atoms in total. The first-order valence-electron chi connectivity index (χ1n) is 7.83. The van der Waals surface area contributed by atoms with Crippen molar-refractivity contribution >= 4 is 21.6 Å². The summed E-state index contributed by atoms with van der Waals surface area (Å²) >= 11 is 0. The molecule has 0 aliphatic carbocycles. The number of nitro groups is 1. The summed E-state index contributed by atoms with van der Waals surface area (Å²) in [5.74, 6) is -0.426. The monoisotopic (exact) mass is 371 g/mol. The van der Waals surface area contributed by atoms with Gasteiger partial charge in [-0.25, -0.2) is 18.2 Å². The highest BCUT2D eigenvalue weighted by Gasteiger charge is 2.37. The van der Waals surface area contributed by atoms with Crippen molar-refractivity contribution < 1.29 is 22.9 Å². The van der Waals surface area contributed by atoms with Crippen LogP contribution in [0.5, 0.6) is 0 Å². The lowest BCUT2D eigenvalue weighted by molar-refractivity contribution is -0.388. The number of amides is 1. The van der Waals surface area contributed by atoms with Crippen LogP contribution in [-0.2, 0) is 14.6 Å². The van der Waals surface area contributed by atoms with Gasteiger partial charge >= 0.3 is 11.8 Å². The van der Waals surface area contributed by atoms with Crippen LogP contribution in [0.25, 0.3) is 0 Å². The number of likely N-dealkylation sites (tertiary alicyclic amines) is 1. The Bertz CT molecular complexity index is 772. The standard InChI is InChI=1S/C15H21N3O6S/c1-15(2,3)24-14(19)17-9-5-6-11(17)10-25(22,23)13-12(18(20)21)7-4-8-16-13/h4,7-8,11H,5-6,9-10H2,1-3H3/t11-/m0/s1. The third-order valence-corrected chi connectivity index (χ3v) is 5.39. The number of nitrogens with zero attached hydrogens (tertiary/aromatic N) is 3. The van der Waals surface area contributed by atoms with E-state index in [1.165, 1.54) is 17.2 Å². The molecule has 1 atom stereocenters. The van der Waals surface area contributed by atoms with Crippen molar-refractivity contribution in [1.82, 2.24) is 9.88 Å². The molecule has 0 radical (unpaired) electrons. The fourth-order valence-corrected chi connectivity index (χ4v) is 4.36. The lowest BCUT2D eigenvalue weighted by atomic mass is 10.2. The third kappa shape index (κ3) is 4.65. The first-order chi connectivity index (χ1) is 11.5. The van der Waals surface area contributed by atoms with E-state index >= 15 is 0 Å². The zero-order valence-corrected chi connectivity index (χ0v) is 15.2. The quantitative estimate of drug-likeness (QED) is 0.587. The molecule has 0 unspecified atom stereocenters. The van der Waals surface area contributed by atoms with Crippen LogP contribution < -0.4 is 0 Å². The van der Waals surface area contributed by atoms with Crippen molar-refractivity contribution in [1.29, 1.82) is 0 Å². The molecule has 25 heavy (non-hydrogen) atoms. The van der Waals surface area contributed by atoms with E-state index < -0.39 is 49.0 Å². The van der Waals surface area contributed by atoms with Gasteiger partial charge in [-0.2, -0.15) is 0 Å². The Morgan fingerprint density at radius 3 is 2.76 bits per heavy atom. The molecule has 1 saturated heterocycles. The first-order valence-corrected chi connectivity index (χ1v) is 9.48. The molecule has 0 bridgehead atoms. The van der Waals surface area contributed by atoms with Gasteiger partial charge in [0.15, 0.2) is 0 Å². The second kappa shape index (κ2) is 6.95. The number of rotatable bonds is 4. The summed E-state index contributed by atoms with van der Waals surface area (Å²) in [6.07, 6.45) is 1.74. The Labute approximate surface area is 146 Å². The number of aromatic nitrogens is 1. The highest BCUT2D eigenvalue weighted by atomic mass is 32.2. The molecule has 2 heterocycles. The van der Waals surface area contributed by atoms with E-state index in [1.807, 2.05) is 0 Å². The number of pyridine rings is 1. The second-order valence-electron chi connectivity index (χ2n) is 6.84. The van der Waals surface area contributed by atoms with E-state index in [4.69, 9.17) is 4.74 Å². The summed E-state index contributed by atoms with van der Waals surface area (Å²) in [6, 6.07) is 1.81. The highest BCUT2D eigenvalue weighted by molar-refractivity contribution is 7.91. The second-order valence-corrected chi connectivity index (χ2v) is 8.79. The van der Waals surface area contributed by atoms with Crippen molar-refractivity contribution in [3.63, 3.8) is 0 Å². The summed E-state index contributed by atoms with van der Waals surface area (Å²) in [7, 11) is -4.03. The van der Waals surface area contributed by atoms with Gasteiger partial charge in [0.25, 0.3) is 0 Å². The maximum Gasteiger partial charge on any atom is 0.410 e. The lowest BCUT2D eigenvalue weighted by Gasteiger charge is -2.28. The van der Waals surface area contributed by atoms with Crippen molar-refractivity contribution in [2.45, 2.75) is 50.3 Å². The van der Waals surface area contributed by atoms with Gasteiger partial charge < -0.3 is 9.64 Å². The van der Waals surface area contributed by atoms with Gasteiger partial charge in [-0.3, -0.25) is 10.1 Å². The topological polar surface area (TPSA) is 120 Å². The molecule has 2 rings (SSSR count). The maximum atomic E-state index is 12.6. The average Bonchev–Trinajstić information content (AvgIpc) is 2.93. The minimum atomic E-state index is -4.03. The molecule has 1 aromatic heterocycles.